The van der Waals surface area contributed by atoms with Crippen molar-refractivity contribution in [2.24, 2.45) is 11.8 Å². The lowest BCUT2D eigenvalue weighted by molar-refractivity contribution is 0.420. The molecule has 0 aromatic heterocycles. The van der Waals surface area contributed by atoms with Crippen LogP contribution in [0.15, 0.2) is 127 Å². The van der Waals surface area contributed by atoms with Crippen LogP contribution in [0.2, 0.25) is 0 Å². The molecule has 6 aromatic carbocycles. The van der Waals surface area contributed by atoms with Crippen molar-refractivity contribution < 1.29 is 0 Å². The van der Waals surface area contributed by atoms with E-state index in [1.807, 2.05) is 0 Å². The fourth-order valence-corrected chi connectivity index (χ4v) is 11.0. The monoisotopic (exact) mass is 663 g/mol. The zero-order valence-electron chi connectivity index (χ0n) is 30.2. The molecular weight excluding hydrogens is 615 g/mol. The van der Waals surface area contributed by atoms with Gasteiger partial charge in [0.15, 0.2) is 0 Å². The molecule has 0 heterocycles. The molecule has 0 amide bonds. The number of hydrogen-bond donors (Lipinski definition) is 0. The van der Waals surface area contributed by atoms with E-state index < -0.39 is 0 Å². The lowest BCUT2D eigenvalue weighted by Gasteiger charge is -2.33. The normalized spacial score (nSPS) is 21.9. The van der Waals surface area contributed by atoms with Crippen molar-refractivity contribution in [2.75, 3.05) is 4.90 Å². The van der Waals surface area contributed by atoms with Crippen LogP contribution in [-0.2, 0) is 5.41 Å². The highest BCUT2D eigenvalue weighted by atomic mass is 15.1. The first-order chi connectivity index (χ1) is 25.0. The van der Waals surface area contributed by atoms with Gasteiger partial charge in [-0.25, -0.2) is 0 Å². The molecule has 0 N–H and O–H groups in total. The van der Waals surface area contributed by atoms with Crippen molar-refractivity contribution in [3.63, 3.8) is 0 Å². The number of rotatable bonds is 6. The highest BCUT2D eigenvalue weighted by molar-refractivity contribution is 6.03. The molecule has 3 atom stereocenters. The van der Waals surface area contributed by atoms with Crippen molar-refractivity contribution in [3.05, 3.63) is 150 Å². The molecule has 1 nitrogen and oxygen atoms in total. The molecule has 4 aliphatic rings. The van der Waals surface area contributed by atoms with Crippen LogP contribution >= 0.6 is 0 Å². The Labute approximate surface area is 304 Å². The molecule has 4 aliphatic carbocycles. The van der Waals surface area contributed by atoms with Crippen LogP contribution in [0.3, 0.4) is 0 Å². The molecule has 254 valence electrons. The van der Waals surface area contributed by atoms with E-state index in [0.29, 0.717) is 5.92 Å². The van der Waals surface area contributed by atoms with E-state index in [0.717, 1.165) is 17.8 Å². The van der Waals surface area contributed by atoms with Crippen LogP contribution in [0, 0.1) is 11.8 Å². The third-order valence-electron chi connectivity index (χ3n) is 13.5. The van der Waals surface area contributed by atoms with Gasteiger partial charge >= 0.3 is 0 Å². The molecule has 0 spiro atoms. The third kappa shape index (κ3) is 5.10. The second-order valence-corrected chi connectivity index (χ2v) is 16.7. The smallest absolute Gasteiger partial charge is 0.0543 e. The van der Waals surface area contributed by atoms with Crippen LogP contribution in [-0.4, -0.2) is 0 Å². The first-order valence-electron chi connectivity index (χ1n) is 19.8. The fraction of sp³-hybridized carbons (Fsp3) is 0.320. The predicted molar refractivity (Wildman–Crippen MR) is 216 cm³/mol. The second-order valence-electron chi connectivity index (χ2n) is 16.7. The minimum absolute atomic E-state index is 0.142. The molecule has 3 fully saturated rings. The van der Waals surface area contributed by atoms with Crippen molar-refractivity contribution >= 4 is 27.8 Å². The van der Waals surface area contributed by atoms with E-state index in [9.17, 15) is 0 Å². The first-order valence-corrected chi connectivity index (χ1v) is 19.8. The summed E-state index contributed by atoms with van der Waals surface area (Å²) in [5.41, 5.74) is 14.9. The van der Waals surface area contributed by atoms with Crippen molar-refractivity contribution in [3.8, 4) is 22.3 Å². The summed E-state index contributed by atoms with van der Waals surface area (Å²) in [6.07, 6.45) is 12.3. The highest BCUT2D eigenvalue weighted by Gasteiger charge is 2.41. The van der Waals surface area contributed by atoms with E-state index in [1.54, 1.807) is 0 Å². The molecule has 0 saturated heterocycles. The van der Waals surface area contributed by atoms with Crippen molar-refractivity contribution in [1.29, 1.82) is 0 Å². The average Bonchev–Trinajstić information content (AvgIpc) is 3.89. The van der Waals surface area contributed by atoms with Crippen LogP contribution < -0.4 is 4.90 Å². The van der Waals surface area contributed by atoms with Gasteiger partial charge in [-0.15, -0.1) is 0 Å². The van der Waals surface area contributed by atoms with Crippen LogP contribution in [0.5, 0.6) is 0 Å². The number of hydrogen-bond acceptors (Lipinski definition) is 1. The third-order valence-corrected chi connectivity index (χ3v) is 13.5. The van der Waals surface area contributed by atoms with E-state index in [1.165, 1.54) is 130 Å². The first kappa shape index (κ1) is 31.1. The Morgan fingerprint density at radius 3 is 2.16 bits per heavy atom. The van der Waals surface area contributed by atoms with Gasteiger partial charge in [0, 0.05) is 22.1 Å². The Morgan fingerprint density at radius 2 is 1.37 bits per heavy atom. The van der Waals surface area contributed by atoms with Gasteiger partial charge in [-0.2, -0.15) is 0 Å². The second kappa shape index (κ2) is 12.3. The summed E-state index contributed by atoms with van der Waals surface area (Å²) in [4.78, 5) is 2.61. The molecule has 10 rings (SSSR count). The van der Waals surface area contributed by atoms with Gasteiger partial charge in [-0.05, 0) is 130 Å². The lowest BCUT2D eigenvalue weighted by Crippen LogP contribution is -2.19. The van der Waals surface area contributed by atoms with Crippen LogP contribution in [0.4, 0.5) is 17.1 Å². The highest BCUT2D eigenvalue weighted by Crippen LogP contribution is 2.57. The van der Waals surface area contributed by atoms with E-state index in [-0.39, 0.29) is 5.41 Å². The SMILES string of the molecule is CC1(C)c2ccccc2-c2ccc(N(c3ccc(C4CC5CCC4C5)cc3)c3cccc4ccc(C5CCCCC5)cc34)c(-c3ccccc3)c21. The van der Waals surface area contributed by atoms with Gasteiger partial charge in [0.1, 0.15) is 0 Å². The summed E-state index contributed by atoms with van der Waals surface area (Å²) in [7, 11) is 0. The Balaban J connectivity index is 1.21. The number of nitrogens with zero attached hydrogens (tertiary/aromatic N) is 1. The molecule has 3 unspecified atom stereocenters. The summed E-state index contributed by atoms with van der Waals surface area (Å²) >= 11 is 0. The van der Waals surface area contributed by atoms with E-state index >= 15 is 0 Å². The number of benzene rings is 6. The Bertz CT molecular complexity index is 2240. The number of fused-ring (bicyclic) bond motifs is 6. The zero-order chi connectivity index (χ0) is 34.1. The van der Waals surface area contributed by atoms with Gasteiger partial charge in [0.25, 0.3) is 0 Å². The Morgan fingerprint density at radius 1 is 0.588 bits per heavy atom. The summed E-state index contributed by atoms with van der Waals surface area (Å²) in [5, 5.41) is 2.66. The van der Waals surface area contributed by atoms with Crippen LogP contribution in [0.25, 0.3) is 33.0 Å². The number of anilines is 3. The Kier molecular flexibility index (Phi) is 7.49. The minimum atomic E-state index is -0.142. The Hall–Kier alpha value is -4.62. The molecule has 6 aromatic rings. The average molecular weight is 664 g/mol. The molecule has 3 saturated carbocycles. The lowest BCUT2D eigenvalue weighted by atomic mass is 9.78. The van der Waals surface area contributed by atoms with Gasteiger partial charge in [0.2, 0.25) is 0 Å². The standard InChI is InChI=1S/C50H49N/c1-50(2)45-18-10-9-17-41(45)42-28-29-47(48(49(42)50)37-14-7-4-8-15-37)51(40-26-24-36(25-27-40)43-31-33-20-21-39(43)30-33)46-19-11-16-35-22-23-38(32-44(35)46)34-12-5-3-6-13-34/h4,7-11,14-19,22-29,32-34,39,43H,3,5-6,12-13,20-21,30-31H2,1-2H3. The topological polar surface area (TPSA) is 3.24 Å². The van der Waals surface area contributed by atoms with Gasteiger partial charge in [-0.3, -0.25) is 0 Å². The predicted octanol–water partition coefficient (Wildman–Crippen LogP) is 14.2. The molecule has 2 bridgehead atoms. The minimum Gasteiger partial charge on any atom is -0.309 e. The summed E-state index contributed by atoms with van der Waals surface area (Å²) in [5.74, 6) is 3.20. The maximum Gasteiger partial charge on any atom is 0.0543 e. The van der Waals surface area contributed by atoms with Gasteiger partial charge in [-0.1, -0.05) is 137 Å². The molecule has 1 heteroatoms. The summed E-state index contributed by atoms with van der Waals surface area (Å²) < 4.78 is 0. The summed E-state index contributed by atoms with van der Waals surface area (Å²) in [6, 6.07) is 49.2. The van der Waals surface area contributed by atoms with Crippen molar-refractivity contribution in [2.45, 2.75) is 88.9 Å². The molecule has 0 aliphatic heterocycles. The maximum absolute atomic E-state index is 2.61. The van der Waals surface area contributed by atoms with E-state index in [2.05, 4.69) is 146 Å². The summed E-state index contributed by atoms with van der Waals surface area (Å²) in [6.45, 7) is 4.85. The zero-order valence-corrected chi connectivity index (χ0v) is 30.2. The molecular formula is C50H49N. The largest absolute Gasteiger partial charge is 0.309 e. The van der Waals surface area contributed by atoms with Gasteiger partial charge < -0.3 is 4.90 Å². The van der Waals surface area contributed by atoms with Crippen molar-refractivity contribution in [1.82, 2.24) is 0 Å². The quantitative estimate of drug-likeness (QED) is 0.171. The van der Waals surface area contributed by atoms with E-state index in [4.69, 9.17) is 0 Å². The maximum atomic E-state index is 2.61. The fourth-order valence-electron chi connectivity index (χ4n) is 11.0. The van der Waals surface area contributed by atoms with Gasteiger partial charge in [0.05, 0.1) is 11.4 Å². The molecule has 51 heavy (non-hydrogen) atoms. The van der Waals surface area contributed by atoms with Crippen LogP contribution in [0.1, 0.15) is 106 Å². The molecule has 0 radical (unpaired) electrons.